The molecule has 0 aliphatic rings. The number of rotatable bonds is 16. The van der Waals surface area contributed by atoms with Crippen LogP contribution in [0.5, 0.6) is 0 Å². The molecular formula is C26H39N9O5. The molecule has 0 unspecified atom stereocenters. The van der Waals surface area contributed by atoms with Crippen LogP contribution < -0.4 is 33.2 Å². The number of aromatic nitrogens is 2. The molecule has 0 radical (unpaired) electrons. The number of nitrogens with zero attached hydrogens (tertiary/aromatic N) is 2. The van der Waals surface area contributed by atoms with Crippen molar-refractivity contribution >= 4 is 29.7 Å². The predicted molar refractivity (Wildman–Crippen MR) is 149 cm³/mol. The van der Waals surface area contributed by atoms with Crippen LogP contribution in [-0.4, -0.2) is 75.4 Å². The van der Waals surface area contributed by atoms with Gasteiger partial charge in [0.1, 0.15) is 18.1 Å². The maximum absolute atomic E-state index is 13.3. The zero-order valence-corrected chi connectivity index (χ0v) is 22.7. The number of amides is 3. The van der Waals surface area contributed by atoms with Gasteiger partial charge in [-0.05, 0) is 24.3 Å². The third-order valence-electron chi connectivity index (χ3n) is 6.06. The van der Waals surface area contributed by atoms with E-state index in [4.69, 9.17) is 17.2 Å². The Balaban J connectivity index is 2.12. The lowest BCUT2D eigenvalue weighted by molar-refractivity contribution is -0.142. The van der Waals surface area contributed by atoms with E-state index in [0.29, 0.717) is 18.7 Å². The van der Waals surface area contributed by atoms with Gasteiger partial charge in [0.15, 0.2) is 5.96 Å². The van der Waals surface area contributed by atoms with Gasteiger partial charge >= 0.3 is 5.97 Å². The maximum atomic E-state index is 13.3. The van der Waals surface area contributed by atoms with Crippen molar-refractivity contribution in [2.24, 2.45) is 28.1 Å². The summed E-state index contributed by atoms with van der Waals surface area (Å²) in [5, 5.41) is 17.6. The smallest absolute Gasteiger partial charge is 0.326 e. The summed E-state index contributed by atoms with van der Waals surface area (Å²) in [5.41, 5.74) is 17.8. The molecule has 1 aromatic heterocycles. The van der Waals surface area contributed by atoms with Crippen molar-refractivity contribution in [1.82, 2.24) is 25.9 Å². The average Bonchev–Trinajstić information content (AvgIpc) is 3.42. The molecule has 2 rings (SSSR count). The van der Waals surface area contributed by atoms with Crippen molar-refractivity contribution in [1.29, 1.82) is 0 Å². The van der Waals surface area contributed by atoms with Gasteiger partial charge in [0.05, 0.1) is 12.4 Å². The summed E-state index contributed by atoms with van der Waals surface area (Å²) in [6, 6.07) is 4.57. The van der Waals surface area contributed by atoms with E-state index in [1.807, 2.05) is 0 Å². The molecule has 218 valence electrons. The summed E-state index contributed by atoms with van der Waals surface area (Å²) in [5.74, 6) is -3.48. The molecule has 0 saturated heterocycles. The van der Waals surface area contributed by atoms with Crippen LogP contribution in [0.4, 0.5) is 0 Å². The lowest BCUT2D eigenvalue weighted by Gasteiger charge is -2.27. The number of nitrogens with one attached hydrogen (secondary N) is 4. The molecule has 0 saturated carbocycles. The molecule has 0 aliphatic heterocycles. The maximum Gasteiger partial charge on any atom is 0.326 e. The summed E-state index contributed by atoms with van der Waals surface area (Å²) < 4.78 is 0. The first-order valence-corrected chi connectivity index (χ1v) is 12.9. The lowest BCUT2D eigenvalue weighted by atomic mass is 10.0. The van der Waals surface area contributed by atoms with Gasteiger partial charge in [-0.2, -0.15) is 0 Å². The van der Waals surface area contributed by atoms with E-state index >= 15 is 0 Å². The van der Waals surface area contributed by atoms with E-state index in [1.54, 1.807) is 44.2 Å². The van der Waals surface area contributed by atoms with E-state index < -0.39 is 47.9 Å². The number of guanidine groups is 1. The van der Waals surface area contributed by atoms with E-state index in [2.05, 4.69) is 30.9 Å². The molecule has 0 aliphatic carbocycles. The van der Waals surface area contributed by atoms with Crippen molar-refractivity contribution < 1.29 is 24.3 Å². The Labute approximate surface area is 232 Å². The number of carbonyl (C=O) groups is 4. The van der Waals surface area contributed by atoms with E-state index in [0.717, 1.165) is 5.56 Å². The van der Waals surface area contributed by atoms with Gasteiger partial charge in [-0.3, -0.25) is 19.4 Å². The Hall–Kier alpha value is -4.46. The number of carbonyl (C=O) groups excluding carboxylic acids is 3. The van der Waals surface area contributed by atoms with Gasteiger partial charge in [0.2, 0.25) is 17.7 Å². The minimum Gasteiger partial charge on any atom is -0.480 e. The highest BCUT2D eigenvalue weighted by Gasteiger charge is 2.32. The topological polar surface area (TPSA) is 244 Å². The van der Waals surface area contributed by atoms with Gasteiger partial charge < -0.3 is 43.2 Å². The van der Waals surface area contributed by atoms with Gasteiger partial charge in [-0.25, -0.2) is 9.78 Å². The number of nitrogens with two attached hydrogens (primary N) is 3. The highest BCUT2D eigenvalue weighted by Crippen LogP contribution is 2.08. The number of aromatic amines is 1. The Morgan fingerprint density at radius 2 is 1.65 bits per heavy atom. The van der Waals surface area contributed by atoms with Crippen LogP contribution in [-0.2, 0) is 32.0 Å². The fourth-order valence-electron chi connectivity index (χ4n) is 3.85. The Bertz CT molecular complexity index is 1130. The number of hydrogen-bond acceptors (Lipinski definition) is 7. The molecule has 3 amide bonds. The second-order valence-corrected chi connectivity index (χ2v) is 9.72. The first-order valence-electron chi connectivity index (χ1n) is 12.9. The van der Waals surface area contributed by atoms with Crippen molar-refractivity contribution in [3.05, 3.63) is 54.1 Å². The minimum absolute atomic E-state index is 0.0122. The van der Waals surface area contributed by atoms with Crippen LogP contribution in [0, 0.1) is 5.92 Å². The zero-order chi connectivity index (χ0) is 29.7. The Kier molecular flexibility index (Phi) is 12.6. The number of H-pyrrole nitrogens is 1. The molecule has 14 nitrogen and oxygen atoms in total. The quantitative estimate of drug-likeness (QED) is 0.0698. The molecule has 1 aromatic carbocycles. The molecular weight excluding hydrogens is 518 g/mol. The highest BCUT2D eigenvalue weighted by molar-refractivity contribution is 5.94. The van der Waals surface area contributed by atoms with Crippen LogP contribution in [0.25, 0.3) is 0 Å². The minimum atomic E-state index is -1.23. The van der Waals surface area contributed by atoms with Crippen molar-refractivity contribution in [3.63, 3.8) is 0 Å². The predicted octanol–water partition coefficient (Wildman–Crippen LogP) is -1.23. The molecule has 1 heterocycles. The van der Waals surface area contributed by atoms with Gasteiger partial charge in [-0.15, -0.1) is 0 Å². The molecule has 0 spiro atoms. The van der Waals surface area contributed by atoms with Crippen LogP contribution in [0.1, 0.15) is 37.9 Å². The average molecular weight is 558 g/mol. The number of carboxylic acid groups (broad SMARTS) is 1. The second kappa shape index (κ2) is 15.8. The first kappa shape index (κ1) is 31.8. The van der Waals surface area contributed by atoms with Crippen molar-refractivity contribution in [3.8, 4) is 0 Å². The molecule has 4 atom stereocenters. The number of aliphatic imine (C=N–C) groups is 1. The molecule has 0 fully saturated rings. The van der Waals surface area contributed by atoms with Gasteiger partial charge in [-0.1, -0.05) is 44.2 Å². The number of aliphatic carboxylic acids is 1. The third-order valence-corrected chi connectivity index (χ3v) is 6.06. The SMILES string of the molecule is CC(C)[C@H](NC(=O)[C@@H](N)CCCN=C(N)N)C(=O)N[C@@H](Cc1cnc[nH]1)C(=O)N[C@@H](Cc1ccccc1)C(=O)O. The number of imidazole rings is 1. The molecule has 2 aromatic rings. The van der Waals surface area contributed by atoms with E-state index in [1.165, 1.54) is 12.5 Å². The summed E-state index contributed by atoms with van der Waals surface area (Å²) in [6.45, 7) is 3.78. The molecule has 40 heavy (non-hydrogen) atoms. The Morgan fingerprint density at radius 1 is 0.975 bits per heavy atom. The molecule has 14 heteroatoms. The second-order valence-electron chi connectivity index (χ2n) is 9.72. The van der Waals surface area contributed by atoms with Gasteiger partial charge in [0.25, 0.3) is 0 Å². The van der Waals surface area contributed by atoms with E-state index in [-0.39, 0.29) is 31.1 Å². The number of hydrogen-bond donors (Lipinski definition) is 8. The summed E-state index contributed by atoms with van der Waals surface area (Å²) in [4.78, 5) is 61.8. The summed E-state index contributed by atoms with van der Waals surface area (Å²) in [7, 11) is 0. The number of carboxylic acids is 1. The Morgan fingerprint density at radius 3 is 2.23 bits per heavy atom. The molecule has 0 bridgehead atoms. The number of benzene rings is 1. The van der Waals surface area contributed by atoms with Crippen LogP contribution in [0.15, 0.2) is 47.8 Å². The van der Waals surface area contributed by atoms with Crippen molar-refractivity contribution in [2.45, 2.75) is 63.7 Å². The van der Waals surface area contributed by atoms with E-state index in [9.17, 15) is 24.3 Å². The summed E-state index contributed by atoms with van der Waals surface area (Å²) in [6.07, 6.45) is 3.74. The third kappa shape index (κ3) is 10.7. The largest absolute Gasteiger partial charge is 0.480 e. The standard InChI is InChI=1S/C26H39N9O5/c1-15(2)21(35-22(36)18(27)9-6-10-31-26(28)29)24(38)33-19(12-17-13-30-14-32-17)23(37)34-20(25(39)40)11-16-7-4-3-5-8-16/h3-5,7-8,13-15,18-21H,6,9-12,27H2,1-2H3,(H,30,32)(H,33,38)(H,34,37)(H,35,36)(H,39,40)(H4,28,29,31)/t18-,19-,20-,21-/m0/s1. The first-order chi connectivity index (χ1) is 19.0. The van der Waals surface area contributed by atoms with Crippen LogP contribution >= 0.6 is 0 Å². The summed E-state index contributed by atoms with van der Waals surface area (Å²) >= 11 is 0. The normalized spacial score (nSPS) is 13.9. The fourth-order valence-corrected chi connectivity index (χ4v) is 3.85. The molecule has 11 N–H and O–H groups in total. The van der Waals surface area contributed by atoms with Gasteiger partial charge in [0, 0.05) is 31.3 Å². The monoisotopic (exact) mass is 557 g/mol. The lowest BCUT2D eigenvalue weighted by Crippen LogP contribution is -2.59. The van der Waals surface area contributed by atoms with Crippen LogP contribution in [0.2, 0.25) is 0 Å². The van der Waals surface area contributed by atoms with Crippen LogP contribution in [0.3, 0.4) is 0 Å². The van der Waals surface area contributed by atoms with Crippen molar-refractivity contribution in [2.75, 3.05) is 6.54 Å². The fraction of sp³-hybridized carbons (Fsp3) is 0.462. The highest BCUT2D eigenvalue weighted by atomic mass is 16.4. The zero-order valence-electron chi connectivity index (χ0n) is 22.7.